The van der Waals surface area contributed by atoms with Crippen LogP contribution in [0.5, 0.6) is 5.75 Å². The van der Waals surface area contributed by atoms with E-state index in [1.165, 1.54) is 12.1 Å². The number of likely N-dealkylation sites (tertiary alicyclic amines) is 1. The minimum Gasteiger partial charge on any atom is -0.490 e. The predicted octanol–water partition coefficient (Wildman–Crippen LogP) is 5.74. The molecule has 2 saturated heterocycles. The van der Waals surface area contributed by atoms with Gasteiger partial charge in [-0.05, 0) is 70.4 Å². The fourth-order valence-corrected chi connectivity index (χ4v) is 5.39. The zero-order valence-corrected chi connectivity index (χ0v) is 21.5. The standard InChI is InChI=1S/C29H35FN2O4/c1-18(2)31-13-11-23(12-14-31)35-24-9-10-25-26(15-24)36-28(27(25)21-5-7-22(30)8-6-21)29(33)32-16-19(3)34-20(4)17-32/h5-10,15,18-20,23H,11-14,16-17H2,1-4H3. The van der Waals surface area contributed by atoms with Crippen LogP contribution in [0.1, 0.15) is 51.1 Å². The van der Waals surface area contributed by atoms with Gasteiger partial charge in [-0.3, -0.25) is 4.79 Å². The monoisotopic (exact) mass is 494 g/mol. The highest BCUT2D eigenvalue weighted by atomic mass is 19.1. The van der Waals surface area contributed by atoms with Crippen molar-refractivity contribution in [3.8, 4) is 16.9 Å². The summed E-state index contributed by atoms with van der Waals surface area (Å²) in [6, 6.07) is 12.5. The molecule has 0 aliphatic carbocycles. The third kappa shape index (κ3) is 5.13. The number of rotatable bonds is 5. The predicted molar refractivity (Wildman–Crippen MR) is 138 cm³/mol. The van der Waals surface area contributed by atoms with Gasteiger partial charge in [0.05, 0.1) is 12.2 Å². The number of piperidine rings is 1. The fourth-order valence-electron chi connectivity index (χ4n) is 5.39. The highest BCUT2D eigenvalue weighted by Gasteiger charge is 2.32. The minimum atomic E-state index is -0.325. The lowest BCUT2D eigenvalue weighted by Gasteiger charge is -2.35. The van der Waals surface area contributed by atoms with Gasteiger partial charge in [0.2, 0.25) is 5.76 Å². The highest BCUT2D eigenvalue weighted by molar-refractivity contribution is 6.08. The molecule has 36 heavy (non-hydrogen) atoms. The summed E-state index contributed by atoms with van der Waals surface area (Å²) in [4.78, 5) is 17.9. The number of furan rings is 1. The molecule has 7 heteroatoms. The molecule has 2 aromatic carbocycles. The van der Waals surface area contributed by atoms with Gasteiger partial charge in [0.1, 0.15) is 23.3 Å². The lowest BCUT2D eigenvalue weighted by atomic mass is 10.0. The van der Waals surface area contributed by atoms with Crippen molar-refractivity contribution < 1.29 is 23.1 Å². The van der Waals surface area contributed by atoms with Crippen molar-refractivity contribution >= 4 is 16.9 Å². The highest BCUT2D eigenvalue weighted by Crippen LogP contribution is 2.38. The molecule has 0 saturated carbocycles. The molecule has 2 atom stereocenters. The summed E-state index contributed by atoms with van der Waals surface area (Å²) < 4.78 is 32.1. The van der Waals surface area contributed by atoms with E-state index in [-0.39, 0.29) is 35.8 Å². The van der Waals surface area contributed by atoms with E-state index in [0.717, 1.165) is 42.6 Å². The number of carbonyl (C=O) groups excluding carboxylic acids is 1. The van der Waals surface area contributed by atoms with Crippen molar-refractivity contribution in [1.82, 2.24) is 9.80 Å². The molecular formula is C29H35FN2O4. The summed E-state index contributed by atoms with van der Waals surface area (Å²) >= 11 is 0. The second-order valence-corrected chi connectivity index (χ2v) is 10.4. The van der Waals surface area contributed by atoms with Crippen LogP contribution in [0.2, 0.25) is 0 Å². The van der Waals surface area contributed by atoms with Gasteiger partial charge in [-0.25, -0.2) is 4.39 Å². The van der Waals surface area contributed by atoms with Crippen LogP contribution in [0.15, 0.2) is 46.9 Å². The van der Waals surface area contributed by atoms with Crippen molar-refractivity contribution in [2.75, 3.05) is 26.2 Å². The van der Waals surface area contributed by atoms with Gasteiger partial charge < -0.3 is 23.7 Å². The molecule has 0 spiro atoms. The molecule has 2 aliphatic heterocycles. The molecule has 5 rings (SSSR count). The lowest BCUT2D eigenvalue weighted by Crippen LogP contribution is -2.48. The average Bonchev–Trinajstić information content (AvgIpc) is 3.22. The Bertz CT molecular complexity index is 1200. The summed E-state index contributed by atoms with van der Waals surface area (Å²) in [5.74, 6) is 0.489. The molecule has 1 aromatic heterocycles. The molecule has 0 N–H and O–H groups in total. The van der Waals surface area contributed by atoms with E-state index < -0.39 is 0 Å². The van der Waals surface area contributed by atoms with Crippen molar-refractivity contribution in [2.45, 2.75) is 64.9 Å². The Kier molecular flexibility index (Phi) is 7.04. The van der Waals surface area contributed by atoms with E-state index in [1.807, 2.05) is 32.0 Å². The van der Waals surface area contributed by atoms with Crippen LogP contribution in [0.3, 0.4) is 0 Å². The number of ether oxygens (including phenoxy) is 2. The molecule has 0 radical (unpaired) electrons. The quantitative estimate of drug-likeness (QED) is 0.453. The number of fused-ring (bicyclic) bond motifs is 1. The van der Waals surface area contributed by atoms with Crippen LogP contribution in [-0.4, -0.2) is 66.2 Å². The van der Waals surface area contributed by atoms with Crippen molar-refractivity contribution in [3.63, 3.8) is 0 Å². The van der Waals surface area contributed by atoms with Gasteiger partial charge in [-0.15, -0.1) is 0 Å². The first-order valence-corrected chi connectivity index (χ1v) is 13.0. The maximum atomic E-state index is 13.7. The van der Waals surface area contributed by atoms with E-state index >= 15 is 0 Å². The maximum Gasteiger partial charge on any atom is 0.290 e. The smallest absolute Gasteiger partial charge is 0.290 e. The van der Waals surface area contributed by atoms with Gasteiger partial charge in [0, 0.05) is 49.2 Å². The SMILES string of the molecule is CC1CN(C(=O)c2oc3cc(OC4CCN(C(C)C)CC4)ccc3c2-c2ccc(F)cc2)CC(C)O1. The second-order valence-electron chi connectivity index (χ2n) is 10.4. The molecule has 2 aliphatic rings. The van der Waals surface area contributed by atoms with Gasteiger partial charge in [0.15, 0.2) is 0 Å². The van der Waals surface area contributed by atoms with Gasteiger partial charge in [0.25, 0.3) is 5.91 Å². The van der Waals surface area contributed by atoms with Crippen molar-refractivity contribution in [2.24, 2.45) is 0 Å². The van der Waals surface area contributed by atoms with Crippen molar-refractivity contribution in [3.05, 3.63) is 54.0 Å². The van der Waals surface area contributed by atoms with E-state index in [4.69, 9.17) is 13.9 Å². The normalized spacial score (nSPS) is 21.9. The number of hydrogen-bond acceptors (Lipinski definition) is 5. The van der Waals surface area contributed by atoms with Crippen LogP contribution in [0.25, 0.3) is 22.1 Å². The third-order valence-electron chi connectivity index (χ3n) is 7.21. The number of carbonyl (C=O) groups is 1. The number of amides is 1. The Labute approximate surface area is 212 Å². The van der Waals surface area contributed by atoms with E-state index in [9.17, 15) is 9.18 Å². The second kappa shape index (κ2) is 10.2. The first-order valence-electron chi connectivity index (χ1n) is 13.0. The summed E-state index contributed by atoms with van der Waals surface area (Å²) in [5, 5.41) is 0.807. The van der Waals surface area contributed by atoms with Gasteiger partial charge in [-0.2, -0.15) is 0 Å². The Balaban J connectivity index is 1.47. The summed E-state index contributed by atoms with van der Waals surface area (Å²) in [6.07, 6.45) is 2.00. The van der Waals surface area contributed by atoms with Crippen LogP contribution < -0.4 is 4.74 Å². The van der Waals surface area contributed by atoms with Crippen LogP contribution >= 0.6 is 0 Å². The number of halogens is 1. The van der Waals surface area contributed by atoms with Gasteiger partial charge >= 0.3 is 0 Å². The Morgan fingerprint density at radius 2 is 1.69 bits per heavy atom. The summed E-state index contributed by atoms with van der Waals surface area (Å²) in [7, 11) is 0. The summed E-state index contributed by atoms with van der Waals surface area (Å²) in [5.41, 5.74) is 2.00. The van der Waals surface area contributed by atoms with E-state index in [0.29, 0.717) is 30.3 Å². The zero-order valence-electron chi connectivity index (χ0n) is 21.5. The number of morpholine rings is 1. The summed E-state index contributed by atoms with van der Waals surface area (Å²) in [6.45, 7) is 11.4. The maximum absolute atomic E-state index is 13.7. The number of nitrogens with zero attached hydrogens (tertiary/aromatic N) is 2. The molecule has 1 amide bonds. The largest absolute Gasteiger partial charge is 0.490 e. The molecule has 2 unspecified atom stereocenters. The van der Waals surface area contributed by atoms with Crippen LogP contribution in [-0.2, 0) is 4.74 Å². The minimum absolute atomic E-state index is 0.0570. The van der Waals surface area contributed by atoms with Gasteiger partial charge in [-0.1, -0.05) is 12.1 Å². The van der Waals surface area contributed by atoms with E-state index in [1.54, 1.807) is 17.0 Å². The molecular weight excluding hydrogens is 459 g/mol. The van der Waals surface area contributed by atoms with Crippen molar-refractivity contribution in [1.29, 1.82) is 0 Å². The molecule has 192 valence electrons. The molecule has 3 heterocycles. The fraction of sp³-hybridized carbons (Fsp3) is 0.483. The lowest BCUT2D eigenvalue weighted by molar-refractivity contribution is -0.0591. The molecule has 3 aromatic rings. The van der Waals surface area contributed by atoms with Crippen LogP contribution in [0.4, 0.5) is 4.39 Å². The molecule has 6 nitrogen and oxygen atoms in total. The topological polar surface area (TPSA) is 55.2 Å². The van der Waals surface area contributed by atoms with E-state index in [2.05, 4.69) is 18.7 Å². The first-order chi connectivity index (χ1) is 17.3. The Morgan fingerprint density at radius 3 is 2.33 bits per heavy atom. The first kappa shape index (κ1) is 24.8. The third-order valence-corrected chi connectivity index (χ3v) is 7.21. The molecule has 2 fully saturated rings. The Hall–Kier alpha value is -2.90. The number of hydrogen-bond donors (Lipinski definition) is 0. The molecule has 0 bridgehead atoms. The number of benzene rings is 2. The zero-order chi connectivity index (χ0) is 25.4. The van der Waals surface area contributed by atoms with Crippen LogP contribution in [0, 0.1) is 5.82 Å². The Morgan fingerprint density at radius 1 is 1.03 bits per heavy atom. The average molecular weight is 495 g/mol.